The molecule has 3 nitrogen and oxygen atoms in total. The van der Waals surface area contributed by atoms with Crippen molar-refractivity contribution in [1.82, 2.24) is 15.5 Å². The molecule has 1 aliphatic heterocycles. The number of benzene rings is 2. The minimum Gasteiger partial charge on any atom is -0.309 e. The summed E-state index contributed by atoms with van der Waals surface area (Å²) in [5.74, 6) is 0. The third-order valence-corrected chi connectivity index (χ3v) is 4.66. The van der Waals surface area contributed by atoms with Crippen molar-refractivity contribution in [3.8, 4) is 11.3 Å². The van der Waals surface area contributed by atoms with E-state index in [9.17, 15) is 0 Å². The normalized spacial score (nSPS) is 13.8. The smallest absolute Gasteiger partial charge is 0.0929 e. The van der Waals surface area contributed by atoms with E-state index in [2.05, 4.69) is 51.9 Å². The number of aromatic nitrogens is 2. The lowest BCUT2D eigenvalue weighted by Gasteiger charge is -2.13. The van der Waals surface area contributed by atoms with Gasteiger partial charge in [-0.2, -0.15) is 10.2 Å². The van der Waals surface area contributed by atoms with Gasteiger partial charge in [-0.3, -0.25) is 0 Å². The SMILES string of the molecule is Cc1ccc(-c2ccc3c(c2)CNCC=C3c2ccc(Cl)cc2)nn1. The van der Waals surface area contributed by atoms with Crippen molar-refractivity contribution >= 4 is 17.2 Å². The summed E-state index contributed by atoms with van der Waals surface area (Å²) in [5, 5.41) is 12.7. The van der Waals surface area contributed by atoms with Crippen molar-refractivity contribution in [2.75, 3.05) is 6.54 Å². The molecule has 1 aromatic heterocycles. The van der Waals surface area contributed by atoms with E-state index in [1.165, 1.54) is 22.3 Å². The molecule has 1 N–H and O–H groups in total. The van der Waals surface area contributed by atoms with E-state index >= 15 is 0 Å². The molecule has 2 aromatic carbocycles. The molecule has 0 amide bonds. The summed E-state index contributed by atoms with van der Waals surface area (Å²) in [5.41, 5.74) is 7.83. The first-order valence-corrected chi connectivity index (χ1v) is 8.69. The van der Waals surface area contributed by atoms with Crippen molar-refractivity contribution in [2.45, 2.75) is 13.5 Å². The molecule has 0 fully saturated rings. The van der Waals surface area contributed by atoms with Gasteiger partial charge in [0.1, 0.15) is 0 Å². The number of nitrogens with one attached hydrogen (secondary N) is 1. The number of hydrogen-bond acceptors (Lipinski definition) is 3. The van der Waals surface area contributed by atoms with Crippen LogP contribution >= 0.6 is 11.6 Å². The third-order valence-electron chi connectivity index (χ3n) is 4.41. The van der Waals surface area contributed by atoms with Gasteiger partial charge in [-0.15, -0.1) is 0 Å². The van der Waals surface area contributed by atoms with Crippen LogP contribution in [0, 0.1) is 6.92 Å². The van der Waals surface area contributed by atoms with Crippen molar-refractivity contribution in [3.63, 3.8) is 0 Å². The zero-order chi connectivity index (χ0) is 17.2. The van der Waals surface area contributed by atoms with E-state index < -0.39 is 0 Å². The summed E-state index contributed by atoms with van der Waals surface area (Å²) in [6.07, 6.45) is 2.24. The molecule has 3 aromatic rings. The molecule has 0 radical (unpaired) electrons. The maximum atomic E-state index is 6.04. The second kappa shape index (κ2) is 6.79. The summed E-state index contributed by atoms with van der Waals surface area (Å²) in [7, 11) is 0. The molecule has 0 atom stereocenters. The molecule has 0 saturated carbocycles. The minimum absolute atomic E-state index is 0.754. The number of fused-ring (bicyclic) bond motifs is 1. The highest BCUT2D eigenvalue weighted by Gasteiger charge is 2.14. The predicted octanol–water partition coefficient (Wildman–Crippen LogP) is 4.64. The molecule has 0 unspecified atom stereocenters. The number of halogens is 1. The van der Waals surface area contributed by atoms with Crippen LogP contribution in [-0.2, 0) is 6.54 Å². The van der Waals surface area contributed by atoms with Crippen LogP contribution < -0.4 is 5.32 Å². The van der Waals surface area contributed by atoms with Crippen LogP contribution in [0.2, 0.25) is 5.02 Å². The summed E-state index contributed by atoms with van der Waals surface area (Å²) in [4.78, 5) is 0. The highest BCUT2D eigenvalue weighted by molar-refractivity contribution is 6.30. The zero-order valence-electron chi connectivity index (χ0n) is 14.0. The first-order valence-electron chi connectivity index (χ1n) is 8.31. The van der Waals surface area contributed by atoms with Gasteiger partial charge in [-0.05, 0) is 59.5 Å². The van der Waals surface area contributed by atoms with Gasteiger partial charge in [0.05, 0.1) is 11.4 Å². The van der Waals surface area contributed by atoms with Crippen molar-refractivity contribution in [2.24, 2.45) is 0 Å². The molecule has 0 spiro atoms. The van der Waals surface area contributed by atoms with Crippen LogP contribution in [0.1, 0.15) is 22.4 Å². The van der Waals surface area contributed by atoms with Gasteiger partial charge in [0.15, 0.2) is 0 Å². The van der Waals surface area contributed by atoms with Crippen LogP contribution in [0.25, 0.3) is 16.8 Å². The fraction of sp³-hybridized carbons (Fsp3) is 0.143. The zero-order valence-corrected chi connectivity index (χ0v) is 14.7. The highest BCUT2D eigenvalue weighted by atomic mass is 35.5. The van der Waals surface area contributed by atoms with E-state index in [4.69, 9.17) is 11.6 Å². The Morgan fingerprint density at radius 2 is 1.72 bits per heavy atom. The summed E-state index contributed by atoms with van der Waals surface area (Å²) < 4.78 is 0. The van der Waals surface area contributed by atoms with Crippen molar-refractivity contribution in [1.29, 1.82) is 0 Å². The summed E-state index contributed by atoms with van der Waals surface area (Å²) in [6, 6.07) is 18.5. The number of hydrogen-bond donors (Lipinski definition) is 1. The first kappa shape index (κ1) is 16.0. The molecule has 25 heavy (non-hydrogen) atoms. The van der Waals surface area contributed by atoms with E-state index in [0.29, 0.717) is 0 Å². The van der Waals surface area contributed by atoms with Crippen LogP contribution in [0.15, 0.2) is 60.7 Å². The van der Waals surface area contributed by atoms with Gasteiger partial charge in [0, 0.05) is 23.7 Å². The Morgan fingerprint density at radius 3 is 2.48 bits per heavy atom. The Kier molecular flexibility index (Phi) is 4.35. The van der Waals surface area contributed by atoms with E-state index in [1.807, 2.05) is 31.2 Å². The Morgan fingerprint density at radius 1 is 0.920 bits per heavy atom. The van der Waals surface area contributed by atoms with Crippen molar-refractivity contribution < 1.29 is 0 Å². The third kappa shape index (κ3) is 3.34. The Labute approximate surface area is 152 Å². The molecule has 4 rings (SSSR count). The predicted molar refractivity (Wildman–Crippen MR) is 102 cm³/mol. The quantitative estimate of drug-likeness (QED) is 0.733. The fourth-order valence-electron chi connectivity index (χ4n) is 3.11. The lowest BCUT2D eigenvalue weighted by Crippen LogP contribution is -2.11. The van der Waals surface area contributed by atoms with Crippen LogP contribution in [-0.4, -0.2) is 16.7 Å². The van der Waals surface area contributed by atoms with E-state index in [0.717, 1.165) is 35.1 Å². The molecule has 2 heterocycles. The Hall–Kier alpha value is -2.49. The highest BCUT2D eigenvalue weighted by Crippen LogP contribution is 2.31. The maximum Gasteiger partial charge on any atom is 0.0929 e. The number of rotatable bonds is 2. The molecule has 0 saturated heterocycles. The second-order valence-electron chi connectivity index (χ2n) is 6.19. The van der Waals surface area contributed by atoms with Gasteiger partial charge >= 0.3 is 0 Å². The van der Waals surface area contributed by atoms with Gasteiger partial charge in [0.2, 0.25) is 0 Å². The number of nitrogens with zero attached hydrogens (tertiary/aromatic N) is 2. The molecule has 0 aliphatic carbocycles. The standard InChI is InChI=1S/C21H18ClN3/c1-14-2-9-21(25-24-14)16-5-8-19-17(12-16)13-23-11-10-20(19)15-3-6-18(22)7-4-15/h2-10,12,23H,11,13H2,1H3. The lowest BCUT2D eigenvalue weighted by molar-refractivity contribution is 0.766. The average Bonchev–Trinajstić information content (AvgIpc) is 2.85. The Balaban J connectivity index is 1.77. The van der Waals surface area contributed by atoms with E-state index in [1.54, 1.807) is 0 Å². The average molecular weight is 348 g/mol. The molecule has 1 aliphatic rings. The maximum absolute atomic E-state index is 6.04. The largest absolute Gasteiger partial charge is 0.309 e. The summed E-state index contributed by atoms with van der Waals surface area (Å²) >= 11 is 6.04. The van der Waals surface area contributed by atoms with Gasteiger partial charge in [-0.1, -0.05) is 41.9 Å². The molecular formula is C21H18ClN3. The fourth-order valence-corrected chi connectivity index (χ4v) is 3.23. The van der Waals surface area contributed by atoms with Crippen LogP contribution in [0.4, 0.5) is 0 Å². The minimum atomic E-state index is 0.754. The number of aryl methyl sites for hydroxylation is 1. The monoisotopic (exact) mass is 347 g/mol. The van der Waals surface area contributed by atoms with Gasteiger partial charge in [-0.25, -0.2) is 0 Å². The second-order valence-corrected chi connectivity index (χ2v) is 6.62. The first-order chi connectivity index (χ1) is 12.2. The Bertz CT molecular complexity index is 928. The molecule has 0 bridgehead atoms. The molecule has 4 heteroatoms. The lowest BCUT2D eigenvalue weighted by atomic mass is 9.92. The van der Waals surface area contributed by atoms with E-state index in [-0.39, 0.29) is 0 Å². The van der Waals surface area contributed by atoms with Crippen molar-refractivity contribution in [3.05, 3.63) is 88.1 Å². The van der Waals surface area contributed by atoms with Gasteiger partial charge < -0.3 is 5.32 Å². The molecule has 124 valence electrons. The molecular weight excluding hydrogens is 330 g/mol. The van der Waals surface area contributed by atoms with Gasteiger partial charge in [0.25, 0.3) is 0 Å². The van der Waals surface area contributed by atoms with Crippen LogP contribution in [0.3, 0.4) is 0 Å². The topological polar surface area (TPSA) is 37.8 Å². The van der Waals surface area contributed by atoms with Crippen LogP contribution in [0.5, 0.6) is 0 Å². The summed E-state index contributed by atoms with van der Waals surface area (Å²) in [6.45, 7) is 3.61.